The molecule has 0 saturated carbocycles. The Hall–Kier alpha value is -2.89. The summed E-state index contributed by atoms with van der Waals surface area (Å²) in [6.07, 6.45) is 0.752. The van der Waals surface area contributed by atoms with Crippen LogP contribution in [-0.4, -0.2) is 52.0 Å². The van der Waals surface area contributed by atoms with Gasteiger partial charge in [-0.3, -0.25) is 4.79 Å². The van der Waals surface area contributed by atoms with Crippen LogP contribution < -0.4 is 19.3 Å². The highest BCUT2D eigenvalue weighted by Crippen LogP contribution is 2.45. The van der Waals surface area contributed by atoms with Crippen LogP contribution in [0.25, 0.3) is 0 Å². The standard InChI is InChI=1S/C25H32N2O4/c1-17-18(2)24-22(14-25(4,31-24)15-30-16-28)19(3)23(17)27-12-10-26(11-13-27)20-6-8-21(29-5)9-7-20/h6-9,16H,10-15H2,1-5H3. The van der Waals surface area contributed by atoms with E-state index >= 15 is 0 Å². The predicted octanol–water partition coefficient (Wildman–Crippen LogP) is 3.81. The van der Waals surface area contributed by atoms with Crippen molar-refractivity contribution >= 4 is 17.8 Å². The molecule has 2 heterocycles. The quantitative estimate of drug-likeness (QED) is 0.658. The van der Waals surface area contributed by atoms with E-state index in [1.165, 1.54) is 33.6 Å². The molecule has 6 heteroatoms. The molecule has 2 aliphatic heterocycles. The van der Waals surface area contributed by atoms with E-state index in [0.717, 1.165) is 44.1 Å². The molecule has 0 spiro atoms. The summed E-state index contributed by atoms with van der Waals surface area (Å²) < 4.78 is 16.6. The van der Waals surface area contributed by atoms with Crippen LogP contribution in [0.5, 0.6) is 11.5 Å². The van der Waals surface area contributed by atoms with Crippen molar-refractivity contribution < 1.29 is 19.0 Å². The van der Waals surface area contributed by atoms with Crippen molar-refractivity contribution in [2.75, 3.05) is 49.7 Å². The zero-order valence-corrected chi connectivity index (χ0v) is 19.2. The lowest BCUT2D eigenvalue weighted by Crippen LogP contribution is -2.47. The first-order valence-corrected chi connectivity index (χ1v) is 10.9. The Morgan fingerprint density at radius 2 is 1.65 bits per heavy atom. The molecule has 0 N–H and O–H groups in total. The molecule has 0 bridgehead atoms. The maximum Gasteiger partial charge on any atom is 0.293 e. The van der Waals surface area contributed by atoms with Gasteiger partial charge in [0.1, 0.15) is 23.7 Å². The fraction of sp³-hybridized carbons (Fsp3) is 0.480. The van der Waals surface area contributed by atoms with E-state index in [0.29, 0.717) is 6.47 Å². The number of hydrogen-bond acceptors (Lipinski definition) is 6. The topological polar surface area (TPSA) is 51.2 Å². The number of rotatable bonds is 6. The van der Waals surface area contributed by atoms with Gasteiger partial charge in [0.25, 0.3) is 6.47 Å². The number of anilines is 2. The van der Waals surface area contributed by atoms with Crippen LogP contribution in [0.1, 0.15) is 29.2 Å². The van der Waals surface area contributed by atoms with Crippen molar-refractivity contribution in [1.29, 1.82) is 0 Å². The summed E-state index contributed by atoms with van der Waals surface area (Å²) in [7, 11) is 1.69. The van der Waals surface area contributed by atoms with Gasteiger partial charge >= 0.3 is 0 Å². The monoisotopic (exact) mass is 424 g/mol. The van der Waals surface area contributed by atoms with Gasteiger partial charge in [-0.2, -0.15) is 0 Å². The second-order valence-corrected chi connectivity index (χ2v) is 8.84. The third-order valence-corrected chi connectivity index (χ3v) is 6.73. The largest absolute Gasteiger partial charge is 0.497 e. The lowest BCUT2D eigenvalue weighted by molar-refractivity contribution is -0.133. The van der Waals surface area contributed by atoms with E-state index in [9.17, 15) is 4.79 Å². The number of piperazine rings is 1. The molecule has 31 heavy (non-hydrogen) atoms. The Morgan fingerprint density at radius 1 is 1.00 bits per heavy atom. The summed E-state index contributed by atoms with van der Waals surface area (Å²) in [4.78, 5) is 15.6. The van der Waals surface area contributed by atoms with Gasteiger partial charge in [-0.05, 0) is 68.7 Å². The average molecular weight is 425 g/mol. The first-order valence-electron chi connectivity index (χ1n) is 10.9. The van der Waals surface area contributed by atoms with Crippen LogP contribution >= 0.6 is 0 Å². The normalized spacial score (nSPS) is 20.3. The van der Waals surface area contributed by atoms with Gasteiger partial charge in [-0.25, -0.2) is 0 Å². The van der Waals surface area contributed by atoms with Crippen molar-refractivity contribution in [2.45, 2.75) is 39.7 Å². The molecule has 0 aromatic heterocycles. The molecule has 1 fully saturated rings. The number of benzene rings is 2. The van der Waals surface area contributed by atoms with Gasteiger partial charge < -0.3 is 24.0 Å². The smallest absolute Gasteiger partial charge is 0.293 e. The molecule has 1 saturated heterocycles. The Kier molecular flexibility index (Phi) is 5.73. The number of carbonyl (C=O) groups is 1. The number of fused-ring (bicyclic) bond motifs is 1. The molecule has 1 unspecified atom stereocenters. The molecule has 0 radical (unpaired) electrons. The van der Waals surface area contributed by atoms with Crippen LogP contribution in [0.15, 0.2) is 24.3 Å². The lowest BCUT2D eigenvalue weighted by Gasteiger charge is -2.39. The Labute approximate surface area is 184 Å². The van der Waals surface area contributed by atoms with E-state index < -0.39 is 5.60 Å². The van der Waals surface area contributed by atoms with E-state index in [4.69, 9.17) is 14.2 Å². The first-order chi connectivity index (χ1) is 14.9. The first kappa shape index (κ1) is 21.3. The van der Waals surface area contributed by atoms with Gasteiger partial charge in [-0.15, -0.1) is 0 Å². The van der Waals surface area contributed by atoms with Crippen molar-refractivity contribution in [2.24, 2.45) is 0 Å². The minimum atomic E-state index is -0.503. The predicted molar refractivity (Wildman–Crippen MR) is 123 cm³/mol. The second-order valence-electron chi connectivity index (χ2n) is 8.84. The van der Waals surface area contributed by atoms with Gasteiger partial charge in [-0.1, -0.05) is 0 Å². The summed E-state index contributed by atoms with van der Waals surface area (Å²) in [5.41, 5.74) is 7.04. The number of carbonyl (C=O) groups excluding carboxylic acids is 1. The SMILES string of the molecule is COc1ccc(N2CCN(c3c(C)c(C)c4c(c3C)CC(C)(COC=O)O4)CC2)cc1. The van der Waals surface area contributed by atoms with Crippen molar-refractivity contribution in [3.8, 4) is 11.5 Å². The maximum atomic E-state index is 10.7. The van der Waals surface area contributed by atoms with Crippen LogP contribution in [0, 0.1) is 20.8 Å². The number of nitrogens with zero attached hydrogens (tertiary/aromatic N) is 2. The molecule has 2 aromatic rings. The summed E-state index contributed by atoms with van der Waals surface area (Å²) in [6, 6.07) is 8.30. The van der Waals surface area contributed by atoms with E-state index in [1.54, 1.807) is 7.11 Å². The second kappa shape index (κ2) is 8.33. The highest BCUT2D eigenvalue weighted by atomic mass is 16.6. The van der Waals surface area contributed by atoms with E-state index in [1.807, 2.05) is 19.1 Å². The third-order valence-electron chi connectivity index (χ3n) is 6.73. The Morgan fingerprint density at radius 3 is 2.26 bits per heavy atom. The minimum absolute atomic E-state index is 0.263. The summed E-state index contributed by atoms with van der Waals surface area (Å²) >= 11 is 0. The zero-order chi connectivity index (χ0) is 22.2. The molecule has 6 nitrogen and oxygen atoms in total. The molecule has 4 rings (SSSR count). The molecule has 1 atom stereocenters. The van der Waals surface area contributed by atoms with Crippen LogP contribution in [0.4, 0.5) is 11.4 Å². The molecule has 2 aromatic carbocycles. The van der Waals surface area contributed by atoms with Crippen LogP contribution in [0.2, 0.25) is 0 Å². The van der Waals surface area contributed by atoms with Crippen LogP contribution in [0.3, 0.4) is 0 Å². The van der Waals surface area contributed by atoms with Gasteiger partial charge in [0.2, 0.25) is 0 Å². The molecular weight excluding hydrogens is 392 g/mol. The minimum Gasteiger partial charge on any atom is -0.497 e. The van der Waals surface area contributed by atoms with Gasteiger partial charge in [0.05, 0.1) is 7.11 Å². The number of methoxy groups -OCH3 is 1. The summed E-state index contributed by atoms with van der Waals surface area (Å²) in [6.45, 7) is 13.2. The fourth-order valence-electron chi connectivity index (χ4n) is 4.92. The van der Waals surface area contributed by atoms with Crippen molar-refractivity contribution in [1.82, 2.24) is 0 Å². The van der Waals surface area contributed by atoms with Gasteiger partial charge in [0, 0.05) is 49.5 Å². The average Bonchev–Trinajstić information content (AvgIpc) is 3.15. The van der Waals surface area contributed by atoms with E-state index in [-0.39, 0.29) is 6.61 Å². The van der Waals surface area contributed by atoms with E-state index in [2.05, 4.69) is 42.7 Å². The zero-order valence-electron chi connectivity index (χ0n) is 19.2. The molecule has 2 aliphatic rings. The van der Waals surface area contributed by atoms with Crippen molar-refractivity contribution in [3.05, 3.63) is 46.5 Å². The molecule has 166 valence electrons. The Bertz CT molecular complexity index is 965. The lowest BCUT2D eigenvalue weighted by atomic mass is 9.91. The summed E-state index contributed by atoms with van der Waals surface area (Å²) in [5, 5.41) is 0. The van der Waals surface area contributed by atoms with Crippen molar-refractivity contribution in [3.63, 3.8) is 0 Å². The number of ether oxygens (including phenoxy) is 3. The molecular formula is C25H32N2O4. The maximum absolute atomic E-state index is 10.7. The van der Waals surface area contributed by atoms with Gasteiger partial charge in [0.15, 0.2) is 0 Å². The number of hydrogen-bond donors (Lipinski definition) is 0. The molecule has 0 aliphatic carbocycles. The highest BCUT2D eigenvalue weighted by Gasteiger charge is 2.39. The Balaban J connectivity index is 1.54. The molecule has 0 amide bonds. The highest BCUT2D eigenvalue weighted by molar-refractivity contribution is 5.70. The van der Waals surface area contributed by atoms with Crippen LogP contribution in [-0.2, 0) is 16.0 Å². The summed E-state index contributed by atoms with van der Waals surface area (Å²) in [5.74, 6) is 1.85. The fourth-order valence-corrected chi connectivity index (χ4v) is 4.92. The third kappa shape index (κ3) is 3.91.